The minimum atomic E-state index is -0.974. The molecular weight excluding hydrogens is 187 g/mol. The molecule has 1 N–H and O–H groups in total. The maximum Gasteiger partial charge on any atom is 0.325 e. The highest BCUT2D eigenvalue weighted by Gasteiger charge is 2.04. The van der Waals surface area contributed by atoms with Gasteiger partial charge in [0.1, 0.15) is 12.4 Å². The summed E-state index contributed by atoms with van der Waals surface area (Å²) in [6, 6.07) is 4.13. The largest absolute Gasteiger partial charge is 0.480 e. The first-order valence-electron chi connectivity index (χ1n) is 4.00. The third-order valence-electron chi connectivity index (χ3n) is 1.81. The Morgan fingerprint density at radius 3 is 3.07 bits per heavy atom. The van der Waals surface area contributed by atoms with Crippen LogP contribution < -0.4 is 0 Å². The second-order valence-electron chi connectivity index (χ2n) is 2.92. The third-order valence-corrected chi connectivity index (χ3v) is 1.81. The van der Waals surface area contributed by atoms with Gasteiger partial charge in [-0.25, -0.2) is 4.39 Å². The number of carbonyl (C=O) groups is 1. The summed E-state index contributed by atoms with van der Waals surface area (Å²) in [5.74, 6) is -1.33. The molecule has 0 fully saturated rings. The van der Waals surface area contributed by atoms with E-state index in [-0.39, 0.29) is 12.4 Å². The van der Waals surface area contributed by atoms with Crippen molar-refractivity contribution < 1.29 is 14.3 Å². The number of halogens is 1. The molecule has 0 atom stereocenters. The number of hydrogen-bond acceptors (Lipinski definition) is 2. The summed E-state index contributed by atoms with van der Waals surface area (Å²) >= 11 is 0. The zero-order chi connectivity index (χ0) is 10.1. The number of rotatable bonds is 2. The van der Waals surface area contributed by atoms with Crippen molar-refractivity contribution >= 4 is 16.9 Å². The lowest BCUT2D eigenvalue weighted by Crippen LogP contribution is -2.08. The van der Waals surface area contributed by atoms with Crippen molar-refractivity contribution in [3.63, 3.8) is 0 Å². The van der Waals surface area contributed by atoms with Crippen molar-refractivity contribution in [2.45, 2.75) is 6.54 Å². The van der Waals surface area contributed by atoms with Gasteiger partial charge in [-0.15, -0.1) is 0 Å². The number of aromatic nitrogens is 2. The Labute approximate surface area is 78.6 Å². The quantitative estimate of drug-likeness (QED) is 0.782. The van der Waals surface area contributed by atoms with Crippen LogP contribution in [0.15, 0.2) is 24.4 Å². The molecule has 0 radical (unpaired) electrons. The van der Waals surface area contributed by atoms with Crippen molar-refractivity contribution in [2.75, 3.05) is 0 Å². The minimum absolute atomic E-state index is 0.212. The Kier molecular flexibility index (Phi) is 1.92. The topological polar surface area (TPSA) is 55.1 Å². The van der Waals surface area contributed by atoms with Gasteiger partial charge in [0.2, 0.25) is 0 Å². The number of benzene rings is 1. The average molecular weight is 194 g/mol. The number of carboxylic acids is 1. The van der Waals surface area contributed by atoms with Gasteiger partial charge in [-0.1, -0.05) is 0 Å². The molecule has 1 aromatic heterocycles. The summed E-state index contributed by atoms with van der Waals surface area (Å²) in [7, 11) is 0. The molecule has 4 nitrogen and oxygen atoms in total. The van der Waals surface area contributed by atoms with Crippen LogP contribution in [0.5, 0.6) is 0 Å². The Hall–Kier alpha value is -1.91. The van der Waals surface area contributed by atoms with Gasteiger partial charge in [-0.2, -0.15) is 5.10 Å². The molecule has 72 valence electrons. The molecule has 0 unspecified atom stereocenters. The van der Waals surface area contributed by atoms with E-state index >= 15 is 0 Å². The Morgan fingerprint density at radius 2 is 2.36 bits per heavy atom. The van der Waals surface area contributed by atoms with Crippen LogP contribution in [-0.2, 0) is 11.3 Å². The highest BCUT2D eigenvalue weighted by Crippen LogP contribution is 2.13. The fraction of sp³-hybridized carbons (Fsp3) is 0.111. The summed E-state index contributed by atoms with van der Waals surface area (Å²) in [5.41, 5.74) is 0.590. The second kappa shape index (κ2) is 3.10. The molecule has 2 aromatic rings. The van der Waals surface area contributed by atoms with Gasteiger partial charge in [0, 0.05) is 11.6 Å². The standard InChI is InChI=1S/C9H7FN2O2/c10-7-1-2-8-6(3-7)4-12(11-8)5-9(13)14/h1-4H,5H2,(H,13,14). The fourth-order valence-corrected chi connectivity index (χ4v) is 1.27. The van der Waals surface area contributed by atoms with Crippen LogP contribution in [0.3, 0.4) is 0 Å². The van der Waals surface area contributed by atoms with Gasteiger partial charge in [-0.05, 0) is 18.2 Å². The summed E-state index contributed by atoms with van der Waals surface area (Å²) in [4.78, 5) is 10.4. The normalized spacial score (nSPS) is 10.6. The van der Waals surface area contributed by atoms with Crippen molar-refractivity contribution in [1.82, 2.24) is 9.78 Å². The van der Waals surface area contributed by atoms with E-state index in [1.54, 1.807) is 0 Å². The molecule has 2 rings (SSSR count). The molecule has 0 aliphatic rings. The van der Waals surface area contributed by atoms with Gasteiger partial charge in [0.05, 0.1) is 5.52 Å². The lowest BCUT2D eigenvalue weighted by Gasteiger charge is -1.91. The molecule has 0 bridgehead atoms. The summed E-state index contributed by atoms with van der Waals surface area (Å²) in [5, 5.41) is 13.1. The monoisotopic (exact) mass is 194 g/mol. The Morgan fingerprint density at radius 1 is 1.57 bits per heavy atom. The van der Waals surface area contributed by atoms with Crippen LogP contribution >= 0.6 is 0 Å². The number of fused-ring (bicyclic) bond motifs is 1. The van der Waals surface area contributed by atoms with E-state index in [2.05, 4.69) is 5.10 Å². The molecule has 0 aliphatic carbocycles. The van der Waals surface area contributed by atoms with Gasteiger partial charge in [0.15, 0.2) is 0 Å². The predicted molar refractivity (Wildman–Crippen MR) is 47.3 cm³/mol. The Bertz CT molecular complexity index is 493. The van der Waals surface area contributed by atoms with Crippen LogP contribution in [0.1, 0.15) is 0 Å². The van der Waals surface area contributed by atoms with Crippen LogP contribution in [-0.4, -0.2) is 20.9 Å². The van der Waals surface area contributed by atoms with Crippen LogP contribution in [0, 0.1) is 5.82 Å². The zero-order valence-corrected chi connectivity index (χ0v) is 7.14. The van der Waals surface area contributed by atoms with Gasteiger partial charge >= 0.3 is 5.97 Å². The van der Waals surface area contributed by atoms with Crippen LogP contribution in [0.2, 0.25) is 0 Å². The van der Waals surface area contributed by atoms with E-state index in [1.165, 1.54) is 29.1 Å². The lowest BCUT2D eigenvalue weighted by atomic mass is 10.2. The lowest BCUT2D eigenvalue weighted by molar-refractivity contribution is -0.137. The number of hydrogen-bond donors (Lipinski definition) is 1. The Balaban J connectivity index is 2.46. The van der Waals surface area contributed by atoms with Crippen LogP contribution in [0.25, 0.3) is 10.9 Å². The number of aliphatic carboxylic acids is 1. The first-order valence-corrected chi connectivity index (χ1v) is 4.00. The summed E-state index contributed by atoms with van der Waals surface area (Å²) < 4.78 is 14.0. The second-order valence-corrected chi connectivity index (χ2v) is 2.92. The van der Waals surface area contributed by atoms with Crippen molar-refractivity contribution in [2.24, 2.45) is 0 Å². The summed E-state index contributed by atoms with van der Waals surface area (Å²) in [6.45, 7) is -0.212. The van der Waals surface area contributed by atoms with Crippen LogP contribution in [0.4, 0.5) is 4.39 Å². The first-order chi connectivity index (χ1) is 6.65. The van der Waals surface area contributed by atoms with E-state index in [0.29, 0.717) is 10.9 Å². The molecule has 14 heavy (non-hydrogen) atoms. The predicted octanol–water partition coefficient (Wildman–Crippen LogP) is 1.26. The third kappa shape index (κ3) is 1.56. The molecule has 0 saturated carbocycles. The van der Waals surface area contributed by atoms with Gasteiger partial charge in [0.25, 0.3) is 0 Å². The molecule has 0 amide bonds. The summed E-state index contributed by atoms with van der Waals surface area (Å²) in [6.07, 6.45) is 1.51. The zero-order valence-electron chi connectivity index (χ0n) is 7.14. The molecule has 1 heterocycles. The molecular formula is C9H7FN2O2. The number of carboxylic acid groups (broad SMARTS) is 1. The SMILES string of the molecule is O=C(O)Cn1cc2cc(F)ccc2n1. The van der Waals surface area contributed by atoms with E-state index < -0.39 is 5.97 Å². The molecule has 5 heteroatoms. The van der Waals surface area contributed by atoms with Crippen molar-refractivity contribution in [3.05, 3.63) is 30.2 Å². The maximum atomic E-state index is 12.8. The number of nitrogens with zero attached hydrogens (tertiary/aromatic N) is 2. The van der Waals surface area contributed by atoms with E-state index in [9.17, 15) is 9.18 Å². The highest BCUT2D eigenvalue weighted by molar-refractivity contribution is 5.78. The fourth-order valence-electron chi connectivity index (χ4n) is 1.27. The molecule has 1 aromatic carbocycles. The minimum Gasteiger partial charge on any atom is -0.480 e. The molecule has 0 saturated heterocycles. The van der Waals surface area contributed by atoms with E-state index in [0.717, 1.165) is 0 Å². The average Bonchev–Trinajstić information content (AvgIpc) is 2.44. The van der Waals surface area contributed by atoms with E-state index in [4.69, 9.17) is 5.11 Å². The van der Waals surface area contributed by atoms with Crippen molar-refractivity contribution in [3.8, 4) is 0 Å². The first kappa shape index (κ1) is 8.68. The highest BCUT2D eigenvalue weighted by atomic mass is 19.1. The molecule has 0 spiro atoms. The molecule has 0 aliphatic heterocycles. The maximum absolute atomic E-state index is 12.8. The van der Waals surface area contributed by atoms with Gasteiger partial charge < -0.3 is 5.11 Å². The van der Waals surface area contributed by atoms with Gasteiger partial charge in [-0.3, -0.25) is 9.48 Å². The van der Waals surface area contributed by atoms with Crippen molar-refractivity contribution in [1.29, 1.82) is 0 Å². The smallest absolute Gasteiger partial charge is 0.325 e. The van der Waals surface area contributed by atoms with E-state index in [1.807, 2.05) is 0 Å².